The predicted molar refractivity (Wildman–Crippen MR) is 111 cm³/mol. The molecule has 0 amide bonds. The van der Waals surface area contributed by atoms with Crippen LogP contribution in [-0.4, -0.2) is 39.9 Å². The first-order valence-electron chi connectivity index (χ1n) is 8.35. The lowest BCUT2D eigenvalue weighted by molar-refractivity contribution is 0.108. The Morgan fingerprint density at radius 1 is 1.28 bits per heavy atom. The Hall–Kier alpha value is -0.930. The molecule has 1 aromatic carbocycles. The van der Waals surface area contributed by atoms with Gasteiger partial charge in [-0.05, 0) is 30.0 Å². The van der Waals surface area contributed by atoms with Crippen LogP contribution in [0.4, 0.5) is 4.39 Å². The van der Waals surface area contributed by atoms with Gasteiger partial charge in [0.15, 0.2) is 5.96 Å². The van der Waals surface area contributed by atoms with Crippen molar-refractivity contribution < 1.29 is 13.9 Å². The lowest BCUT2D eigenvalue weighted by Gasteiger charge is -2.13. The quantitative estimate of drug-likeness (QED) is 0.240. The van der Waals surface area contributed by atoms with E-state index >= 15 is 0 Å². The highest BCUT2D eigenvalue weighted by atomic mass is 127. The van der Waals surface area contributed by atoms with Gasteiger partial charge in [0.2, 0.25) is 0 Å². The third-order valence-corrected chi connectivity index (χ3v) is 3.30. The van der Waals surface area contributed by atoms with E-state index in [0.29, 0.717) is 18.0 Å². The summed E-state index contributed by atoms with van der Waals surface area (Å²) in [6.45, 7) is 7.43. The number of guanidine groups is 1. The van der Waals surface area contributed by atoms with E-state index in [2.05, 4.69) is 29.5 Å². The van der Waals surface area contributed by atoms with Crippen LogP contribution in [0, 0.1) is 11.7 Å². The number of ether oxygens (including phenoxy) is 2. The van der Waals surface area contributed by atoms with Crippen molar-refractivity contribution in [1.29, 1.82) is 0 Å². The molecule has 7 heteroatoms. The minimum atomic E-state index is -0.246. The summed E-state index contributed by atoms with van der Waals surface area (Å²) in [6.07, 6.45) is 0.919. The zero-order chi connectivity index (χ0) is 17.8. The molecule has 0 radical (unpaired) electrons. The number of aliphatic imine (C=N–C) groups is 1. The Bertz CT molecular complexity index is 513. The highest BCUT2D eigenvalue weighted by Gasteiger charge is 2.04. The second-order valence-electron chi connectivity index (χ2n) is 6.03. The monoisotopic (exact) mass is 467 g/mol. The van der Waals surface area contributed by atoms with E-state index in [1.807, 2.05) is 0 Å². The normalized spacial score (nSPS) is 11.4. The summed E-state index contributed by atoms with van der Waals surface area (Å²) in [5.41, 5.74) is 1.54. The molecule has 0 aliphatic heterocycles. The van der Waals surface area contributed by atoms with Crippen molar-refractivity contribution in [1.82, 2.24) is 10.6 Å². The average molecular weight is 467 g/mol. The van der Waals surface area contributed by atoms with Gasteiger partial charge in [-0.1, -0.05) is 19.9 Å². The van der Waals surface area contributed by atoms with Gasteiger partial charge in [0, 0.05) is 46.0 Å². The van der Waals surface area contributed by atoms with E-state index in [4.69, 9.17) is 9.47 Å². The molecule has 2 N–H and O–H groups in total. The van der Waals surface area contributed by atoms with Gasteiger partial charge in [-0.3, -0.25) is 4.99 Å². The van der Waals surface area contributed by atoms with E-state index in [0.717, 1.165) is 37.7 Å². The lowest BCUT2D eigenvalue weighted by atomic mass is 10.1. The van der Waals surface area contributed by atoms with Crippen LogP contribution < -0.4 is 10.6 Å². The van der Waals surface area contributed by atoms with Crippen LogP contribution in [0.15, 0.2) is 23.2 Å². The molecule has 1 aromatic rings. The number of hydrogen-bond acceptors (Lipinski definition) is 3. The van der Waals surface area contributed by atoms with Gasteiger partial charge < -0.3 is 20.1 Å². The number of hydrogen-bond donors (Lipinski definition) is 2. The molecular formula is C18H31FIN3O2. The van der Waals surface area contributed by atoms with Crippen molar-refractivity contribution >= 4 is 29.9 Å². The van der Waals surface area contributed by atoms with E-state index < -0.39 is 0 Å². The summed E-state index contributed by atoms with van der Waals surface area (Å²) in [7, 11) is 3.28. The van der Waals surface area contributed by atoms with Crippen LogP contribution in [0.25, 0.3) is 0 Å². The molecule has 0 aliphatic carbocycles. The van der Waals surface area contributed by atoms with Crippen molar-refractivity contribution in [2.45, 2.75) is 33.4 Å². The Labute approximate surface area is 167 Å². The molecule has 0 spiro atoms. The van der Waals surface area contributed by atoms with Gasteiger partial charge in [0.1, 0.15) is 5.82 Å². The van der Waals surface area contributed by atoms with Gasteiger partial charge in [-0.2, -0.15) is 0 Å². The zero-order valence-electron chi connectivity index (χ0n) is 15.6. The number of nitrogens with zero attached hydrogens (tertiary/aromatic N) is 1. The molecule has 5 nitrogen and oxygen atoms in total. The maximum absolute atomic E-state index is 13.6. The molecule has 0 unspecified atom stereocenters. The minimum Gasteiger partial charge on any atom is -0.381 e. The fraction of sp³-hybridized carbons (Fsp3) is 0.611. The molecule has 0 aromatic heterocycles. The van der Waals surface area contributed by atoms with E-state index in [-0.39, 0.29) is 36.4 Å². The smallest absolute Gasteiger partial charge is 0.191 e. The first-order chi connectivity index (χ1) is 11.6. The van der Waals surface area contributed by atoms with Crippen molar-refractivity contribution in [3.8, 4) is 0 Å². The topological polar surface area (TPSA) is 54.9 Å². The van der Waals surface area contributed by atoms with Crippen LogP contribution in [0.1, 0.15) is 31.4 Å². The Balaban J connectivity index is 0.00000576. The number of benzene rings is 1. The highest BCUT2D eigenvalue weighted by Crippen LogP contribution is 2.11. The van der Waals surface area contributed by atoms with Gasteiger partial charge in [0.05, 0.1) is 6.61 Å². The second-order valence-corrected chi connectivity index (χ2v) is 6.03. The maximum Gasteiger partial charge on any atom is 0.191 e. The molecule has 25 heavy (non-hydrogen) atoms. The van der Waals surface area contributed by atoms with Crippen LogP contribution in [-0.2, 0) is 22.6 Å². The molecular weight excluding hydrogens is 436 g/mol. The van der Waals surface area contributed by atoms with E-state index in [1.54, 1.807) is 26.3 Å². The first-order valence-corrected chi connectivity index (χ1v) is 8.35. The van der Waals surface area contributed by atoms with Crippen LogP contribution >= 0.6 is 24.0 Å². The summed E-state index contributed by atoms with van der Waals surface area (Å²) in [6, 6.07) is 5.03. The maximum atomic E-state index is 13.6. The van der Waals surface area contributed by atoms with Gasteiger partial charge >= 0.3 is 0 Å². The molecule has 0 atom stereocenters. The molecule has 0 saturated carbocycles. The molecule has 144 valence electrons. The fourth-order valence-electron chi connectivity index (χ4n) is 2.11. The van der Waals surface area contributed by atoms with Crippen molar-refractivity contribution in [2.75, 3.05) is 33.9 Å². The molecule has 0 saturated heterocycles. The summed E-state index contributed by atoms with van der Waals surface area (Å²) in [4.78, 5) is 4.18. The Morgan fingerprint density at radius 2 is 2.04 bits per heavy atom. The van der Waals surface area contributed by atoms with Crippen molar-refractivity contribution in [3.63, 3.8) is 0 Å². The lowest BCUT2D eigenvalue weighted by Crippen LogP contribution is -2.37. The van der Waals surface area contributed by atoms with Crippen molar-refractivity contribution in [2.24, 2.45) is 10.9 Å². The van der Waals surface area contributed by atoms with Gasteiger partial charge in [-0.25, -0.2) is 4.39 Å². The molecule has 0 bridgehead atoms. The summed E-state index contributed by atoms with van der Waals surface area (Å²) >= 11 is 0. The first kappa shape index (κ1) is 24.1. The van der Waals surface area contributed by atoms with Gasteiger partial charge in [0.25, 0.3) is 0 Å². The average Bonchev–Trinajstić information content (AvgIpc) is 2.56. The number of rotatable bonds is 10. The molecule has 1 rings (SSSR count). The zero-order valence-corrected chi connectivity index (χ0v) is 17.9. The number of halogens is 2. The SMILES string of the molecule is CN=C(NCCCOCC(C)C)NCc1ccc(F)c(COC)c1.I. The summed E-state index contributed by atoms with van der Waals surface area (Å²) < 4.78 is 24.1. The third-order valence-electron chi connectivity index (χ3n) is 3.30. The van der Waals surface area contributed by atoms with Crippen LogP contribution in [0.5, 0.6) is 0 Å². The Morgan fingerprint density at radius 3 is 2.68 bits per heavy atom. The fourth-order valence-corrected chi connectivity index (χ4v) is 2.11. The molecule has 0 aliphatic rings. The standard InChI is InChI=1S/C18H30FN3O2.HI/c1-14(2)12-24-9-5-8-21-18(20-3)22-11-15-6-7-17(19)16(10-15)13-23-4;/h6-7,10,14H,5,8-9,11-13H2,1-4H3,(H2,20,21,22);1H. The largest absolute Gasteiger partial charge is 0.381 e. The molecule has 0 heterocycles. The van der Waals surface area contributed by atoms with Gasteiger partial charge in [-0.15, -0.1) is 24.0 Å². The third kappa shape index (κ3) is 10.6. The highest BCUT2D eigenvalue weighted by molar-refractivity contribution is 14.0. The number of methoxy groups -OCH3 is 1. The van der Waals surface area contributed by atoms with E-state index in [1.165, 1.54) is 6.07 Å². The van der Waals surface area contributed by atoms with Crippen LogP contribution in [0.2, 0.25) is 0 Å². The predicted octanol–water partition coefficient (Wildman–Crippen LogP) is 3.32. The summed E-state index contributed by atoms with van der Waals surface area (Å²) in [5.74, 6) is 1.03. The minimum absolute atomic E-state index is 0. The molecule has 0 fully saturated rings. The second kappa shape index (κ2) is 14.3. The Kier molecular flexibility index (Phi) is 13.7. The van der Waals surface area contributed by atoms with Crippen LogP contribution in [0.3, 0.4) is 0 Å². The summed E-state index contributed by atoms with van der Waals surface area (Å²) in [5, 5.41) is 6.46. The van der Waals surface area contributed by atoms with E-state index in [9.17, 15) is 4.39 Å². The van der Waals surface area contributed by atoms with Crippen molar-refractivity contribution in [3.05, 3.63) is 35.1 Å². The number of nitrogens with one attached hydrogen (secondary N) is 2.